The molecule has 162 valence electrons. The lowest BCUT2D eigenvalue weighted by Crippen LogP contribution is -2.46. The Morgan fingerprint density at radius 3 is 2.62 bits per heavy atom. The summed E-state index contributed by atoms with van der Waals surface area (Å²) in [5.41, 5.74) is 3.59. The van der Waals surface area contributed by atoms with Crippen LogP contribution in [0, 0.1) is 17.3 Å². The fraction of sp³-hybridized carbons (Fsp3) is 0.769. The van der Waals surface area contributed by atoms with Gasteiger partial charge in [-0.3, -0.25) is 0 Å². The van der Waals surface area contributed by atoms with Gasteiger partial charge < -0.3 is 14.4 Å². The maximum atomic E-state index is 6.62. The molecule has 0 amide bonds. The zero-order valence-electron chi connectivity index (χ0n) is 19.1. The Hall–Kier alpha value is -1.06. The molecule has 3 heteroatoms. The van der Waals surface area contributed by atoms with E-state index < -0.39 is 0 Å². The average molecular weight is 400 g/mol. The molecule has 0 spiro atoms. The normalized spacial score (nSPS) is 33.3. The second-order valence-electron chi connectivity index (χ2n) is 9.57. The van der Waals surface area contributed by atoms with Crippen LogP contribution >= 0.6 is 0 Å². The molecule has 2 fully saturated rings. The molecule has 0 N–H and O–H groups in total. The van der Waals surface area contributed by atoms with Crippen molar-refractivity contribution in [2.45, 2.75) is 77.7 Å². The van der Waals surface area contributed by atoms with E-state index in [4.69, 9.17) is 9.47 Å². The number of benzene rings is 1. The van der Waals surface area contributed by atoms with Gasteiger partial charge in [-0.1, -0.05) is 26.8 Å². The van der Waals surface area contributed by atoms with Crippen LogP contribution in [0.5, 0.6) is 5.75 Å². The van der Waals surface area contributed by atoms with Crippen LogP contribution in [0.25, 0.3) is 0 Å². The van der Waals surface area contributed by atoms with Gasteiger partial charge in [0, 0.05) is 6.54 Å². The summed E-state index contributed by atoms with van der Waals surface area (Å²) in [6.45, 7) is 11.2. The lowest BCUT2D eigenvalue weighted by Gasteiger charge is -2.52. The molecule has 29 heavy (non-hydrogen) atoms. The Labute approximate surface area is 178 Å². The van der Waals surface area contributed by atoms with Crippen LogP contribution in [0.3, 0.4) is 0 Å². The predicted molar refractivity (Wildman–Crippen MR) is 120 cm³/mol. The second-order valence-corrected chi connectivity index (χ2v) is 9.57. The second kappa shape index (κ2) is 8.98. The van der Waals surface area contributed by atoms with Gasteiger partial charge in [0.25, 0.3) is 0 Å². The van der Waals surface area contributed by atoms with Crippen LogP contribution in [0.1, 0.15) is 76.3 Å². The first kappa shape index (κ1) is 21.2. The molecule has 0 radical (unpaired) electrons. The molecule has 5 atom stereocenters. The van der Waals surface area contributed by atoms with Crippen molar-refractivity contribution in [2.24, 2.45) is 17.3 Å². The molecule has 3 aliphatic carbocycles. The van der Waals surface area contributed by atoms with Crippen molar-refractivity contribution < 1.29 is 9.47 Å². The van der Waals surface area contributed by atoms with Crippen LogP contribution in [-0.2, 0) is 11.2 Å². The quantitative estimate of drug-likeness (QED) is 0.562. The third kappa shape index (κ3) is 3.74. The van der Waals surface area contributed by atoms with E-state index in [1.54, 1.807) is 18.2 Å². The number of aryl methyl sites for hydroxylation is 1. The predicted octanol–water partition coefficient (Wildman–Crippen LogP) is 5.67. The van der Waals surface area contributed by atoms with Gasteiger partial charge >= 0.3 is 0 Å². The van der Waals surface area contributed by atoms with Crippen molar-refractivity contribution in [1.29, 1.82) is 0 Å². The van der Waals surface area contributed by atoms with E-state index >= 15 is 0 Å². The Bertz CT molecular complexity index is 685. The fourth-order valence-electron chi connectivity index (χ4n) is 7.23. The molecule has 0 heterocycles. The van der Waals surface area contributed by atoms with E-state index in [1.807, 2.05) is 0 Å². The summed E-state index contributed by atoms with van der Waals surface area (Å²) in [7, 11) is 1.78. The Balaban J connectivity index is 1.48. The summed E-state index contributed by atoms with van der Waals surface area (Å²) in [4.78, 5) is 2.48. The number of hydrogen-bond donors (Lipinski definition) is 0. The Kier molecular flexibility index (Phi) is 6.56. The molecule has 2 saturated carbocycles. The van der Waals surface area contributed by atoms with Crippen LogP contribution in [0.4, 0.5) is 0 Å². The molecule has 0 aliphatic heterocycles. The third-order valence-electron chi connectivity index (χ3n) is 8.85. The number of methoxy groups -OCH3 is 1. The Morgan fingerprint density at radius 1 is 1.07 bits per heavy atom. The van der Waals surface area contributed by atoms with E-state index in [0.717, 1.165) is 49.7 Å². The van der Waals surface area contributed by atoms with Crippen LogP contribution in [0.15, 0.2) is 18.2 Å². The molecule has 3 aliphatic rings. The van der Waals surface area contributed by atoms with Crippen molar-refractivity contribution in [3.63, 3.8) is 0 Å². The van der Waals surface area contributed by atoms with E-state index in [-0.39, 0.29) is 0 Å². The number of likely N-dealkylation sites (N-methyl/N-ethyl adjacent to an activating group) is 1. The van der Waals surface area contributed by atoms with Crippen molar-refractivity contribution >= 4 is 0 Å². The van der Waals surface area contributed by atoms with Gasteiger partial charge in [0.15, 0.2) is 0 Å². The third-order valence-corrected chi connectivity index (χ3v) is 8.85. The number of hydrogen-bond acceptors (Lipinski definition) is 3. The zero-order chi connectivity index (χ0) is 20.4. The molecule has 0 aromatic heterocycles. The van der Waals surface area contributed by atoms with Crippen molar-refractivity contribution in [3.8, 4) is 5.75 Å². The van der Waals surface area contributed by atoms with Crippen molar-refractivity contribution in [1.82, 2.24) is 4.90 Å². The lowest BCUT2D eigenvalue weighted by atomic mass is 9.54. The van der Waals surface area contributed by atoms with Crippen molar-refractivity contribution in [3.05, 3.63) is 29.3 Å². The summed E-state index contributed by atoms with van der Waals surface area (Å²) in [5.74, 6) is 3.47. The molecule has 0 saturated heterocycles. The lowest BCUT2D eigenvalue weighted by molar-refractivity contribution is -0.0799. The van der Waals surface area contributed by atoms with Gasteiger partial charge in [-0.05, 0) is 104 Å². The van der Waals surface area contributed by atoms with Gasteiger partial charge in [-0.15, -0.1) is 0 Å². The standard InChI is InChI=1S/C26H41NO2/c1-5-26-15-14-22-21-11-9-20(28-4)18-19(21)8-10-23(22)24(26)12-13-25(26)29-17-16-27(6-2)7-3/h9,11,18,22-25H,5-8,10,12-17H2,1-4H3/t22-,23-,24+,25+,26?/m1/s1. The molecule has 4 rings (SSSR count). The van der Waals surface area contributed by atoms with Gasteiger partial charge in [0.1, 0.15) is 5.75 Å². The Morgan fingerprint density at radius 2 is 1.90 bits per heavy atom. The number of rotatable bonds is 8. The average Bonchev–Trinajstić information content (AvgIpc) is 3.15. The van der Waals surface area contributed by atoms with Gasteiger partial charge in [-0.2, -0.15) is 0 Å². The summed E-state index contributed by atoms with van der Waals surface area (Å²) < 4.78 is 12.1. The van der Waals surface area contributed by atoms with E-state index in [1.165, 1.54) is 44.9 Å². The summed E-state index contributed by atoms with van der Waals surface area (Å²) in [6, 6.07) is 6.84. The largest absolute Gasteiger partial charge is 0.497 e. The van der Waals surface area contributed by atoms with Gasteiger partial charge in [-0.25, -0.2) is 0 Å². The van der Waals surface area contributed by atoms with Gasteiger partial charge in [0.05, 0.1) is 19.8 Å². The first-order chi connectivity index (χ1) is 14.2. The molecular formula is C26H41NO2. The number of fused-ring (bicyclic) bond motifs is 5. The van der Waals surface area contributed by atoms with Crippen molar-refractivity contribution in [2.75, 3.05) is 33.4 Å². The maximum Gasteiger partial charge on any atom is 0.119 e. The minimum absolute atomic E-state index is 0.425. The summed E-state index contributed by atoms with van der Waals surface area (Å²) in [5, 5.41) is 0. The number of ether oxygens (including phenoxy) is 2. The molecular weight excluding hydrogens is 358 g/mol. The smallest absolute Gasteiger partial charge is 0.119 e. The highest BCUT2D eigenvalue weighted by molar-refractivity contribution is 5.40. The first-order valence-electron chi connectivity index (χ1n) is 12.2. The molecule has 0 bridgehead atoms. The highest BCUT2D eigenvalue weighted by atomic mass is 16.5. The van der Waals surface area contributed by atoms with E-state index in [0.29, 0.717) is 11.5 Å². The topological polar surface area (TPSA) is 21.7 Å². The zero-order valence-corrected chi connectivity index (χ0v) is 19.1. The minimum Gasteiger partial charge on any atom is -0.497 e. The van der Waals surface area contributed by atoms with Gasteiger partial charge in [0.2, 0.25) is 0 Å². The molecule has 3 nitrogen and oxygen atoms in total. The first-order valence-corrected chi connectivity index (χ1v) is 12.2. The number of nitrogens with zero attached hydrogens (tertiary/aromatic N) is 1. The highest BCUT2D eigenvalue weighted by Gasteiger charge is 2.56. The van der Waals surface area contributed by atoms with Crippen LogP contribution in [-0.4, -0.2) is 44.4 Å². The summed E-state index contributed by atoms with van der Waals surface area (Å²) in [6.07, 6.45) is 9.66. The van der Waals surface area contributed by atoms with E-state index in [9.17, 15) is 0 Å². The molecule has 1 unspecified atom stereocenters. The van der Waals surface area contributed by atoms with Crippen LogP contribution < -0.4 is 4.74 Å². The SMILES string of the molecule is CCN(CC)CCO[C@H]1CC[C@H]2[C@@H]3CCc4cc(OC)ccc4[C@H]3CCC12CC. The fourth-order valence-corrected chi connectivity index (χ4v) is 7.23. The molecule has 1 aromatic rings. The minimum atomic E-state index is 0.425. The summed E-state index contributed by atoms with van der Waals surface area (Å²) >= 11 is 0. The maximum absolute atomic E-state index is 6.62. The van der Waals surface area contributed by atoms with Crippen LogP contribution in [0.2, 0.25) is 0 Å². The monoisotopic (exact) mass is 399 g/mol. The molecule has 1 aromatic carbocycles. The highest BCUT2D eigenvalue weighted by Crippen LogP contribution is 2.63. The van der Waals surface area contributed by atoms with E-state index in [2.05, 4.69) is 43.9 Å².